The number of unbranched alkanes of at least 4 members (excludes halogenated alkanes) is 24. The van der Waals surface area contributed by atoms with Crippen LogP contribution in [0.5, 0.6) is 0 Å². The zero-order valence-corrected chi connectivity index (χ0v) is 30.1. The molecule has 0 spiro atoms. The van der Waals surface area contributed by atoms with Crippen LogP contribution in [0.4, 0.5) is 0 Å². The second-order valence-electron chi connectivity index (χ2n) is 13.9. The average molecular weight is 591 g/mol. The zero-order chi connectivity index (χ0) is 30.6. The van der Waals surface area contributed by atoms with Crippen LogP contribution in [0.25, 0.3) is 0 Å². The minimum atomic E-state index is -1.41. The third kappa shape index (κ3) is 23.1. The SMILES string of the molecule is CCCCCCCCCCCCCCC#Cc1cc(C#CCCCCCCCCCCCCCC)cc([Si](C)(C)C)c1. The van der Waals surface area contributed by atoms with E-state index >= 15 is 0 Å². The van der Waals surface area contributed by atoms with Gasteiger partial charge in [0.25, 0.3) is 0 Å². The molecule has 0 amide bonds. The normalized spacial score (nSPS) is 11.2. The maximum Gasteiger partial charge on any atom is 0.0777 e. The van der Waals surface area contributed by atoms with Gasteiger partial charge in [0.1, 0.15) is 0 Å². The van der Waals surface area contributed by atoms with Gasteiger partial charge in [0, 0.05) is 24.0 Å². The summed E-state index contributed by atoms with van der Waals surface area (Å²) in [7, 11) is -1.41. The second-order valence-corrected chi connectivity index (χ2v) is 19.0. The Morgan fingerprint density at radius 2 is 0.690 bits per heavy atom. The van der Waals surface area contributed by atoms with Crippen molar-refractivity contribution in [2.45, 2.75) is 200 Å². The summed E-state index contributed by atoms with van der Waals surface area (Å²) >= 11 is 0. The smallest absolute Gasteiger partial charge is 0.0777 e. The van der Waals surface area contributed by atoms with E-state index in [1.54, 1.807) is 0 Å². The highest BCUT2D eigenvalue weighted by molar-refractivity contribution is 6.88. The molecule has 0 aliphatic heterocycles. The fraction of sp³-hybridized carbons (Fsp3) is 0.756. The van der Waals surface area contributed by atoms with Crippen molar-refractivity contribution in [3.63, 3.8) is 0 Å². The minimum Gasteiger partial charge on any atom is -0.0979 e. The molecule has 0 unspecified atom stereocenters. The Morgan fingerprint density at radius 3 is 0.976 bits per heavy atom. The van der Waals surface area contributed by atoms with Crippen molar-refractivity contribution in [1.29, 1.82) is 0 Å². The van der Waals surface area contributed by atoms with Gasteiger partial charge in [-0.05, 0) is 31.0 Å². The Balaban J connectivity index is 2.28. The van der Waals surface area contributed by atoms with Crippen LogP contribution in [0.1, 0.15) is 192 Å². The largest absolute Gasteiger partial charge is 0.0979 e. The molecular weight excluding hydrogens is 521 g/mol. The molecule has 0 N–H and O–H groups in total. The van der Waals surface area contributed by atoms with Gasteiger partial charge in [0.15, 0.2) is 0 Å². The lowest BCUT2D eigenvalue weighted by Crippen LogP contribution is -2.37. The molecule has 0 aliphatic carbocycles. The van der Waals surface area contributed by atoms with Gasteiger partial charge >= 0.3 is 0 Å². The van der Waals surface area contributed by atoms with Gasteiger partial charge in [0.05, 0.1) is 8.07 Å². The van der Waals surface area contributed by atoms with Crippen LogP contribution in [-0.2, 0) is 0 Å². The molecule has 0 radical (unpaired) electrons. The van der Waals surface area contributed by atoms with Gasteiger partial charge in [0.2, 0.25) is 0 Å². The van der Waals surface area contributed by atoms with Gasteiger partial charge in [-0.15, -0.1) is 0 Å². The van der Waals surface area contributed by atoms with E-state index in [1.165, 1.54) is 170 Å². The molecule has 0 fully saturated rings. The highest BCUT2D eigenvalue weighted by atomic mass is 28.3. The summed E-state index contributed by atoms with van der Waals surface area (Å²) in [4.78, 5) is 0. The maximum absolute atomic E-state index is 3.49. The first-order valence-corrected chi connectivity index (χ1v) is 22.1. The molecule has 0 nitrogen and oxygen atoms in total. The molecule has 1 heteroatoms. The molecule has 0 saturated carbocycles. The molecule has 0 bridgehead atoms. The topological polar surface area (TPSA) is 0 Å². The van der Waals surface area contributed by atoms with Crippen LogP contribution in [0.3, 0.4) is 0 Å². The lowest BCUT2D eigenvalue weighted by molar-refractivity contribution is 0.545. The molecule has 0 heterocycles. The molecule has 0 aromatic heterocycles. The van der Waals surface area contributed by atoms with E-state index in [0.29, 0.717) is 0 Å². The summed E-state index contributed by atoms with van der Waals surface area (Å²) in [6.07, 6.45) is 35.5. The van der Waals surface area contributed by atoms with Crippen molar-refractivity contribution in [3.8, 4) is 23.7 Å². The van der Waals surface area contributed by atoms with E-state index in [9.17, 15) is 0 Å². The molecule has 1 rings (SSSR count). The number of benzene rings is 1. The van der Waals surface area contributed by atoms with E-state index in [1.807, 2.05) is 0 Å². The van der Waals surface area contributed by atoms with Gasteiger partial charge in [-0.3, -0.25) is 0 Å². The molecular formula is C41H70Si. The molecule has 1 aromatic rings. The fourth-order valence-corrected chi connectivity index (χ4v) is 6.82. The molecule has 0 atom stereocenters. The van der Waals surface area contributed by atoms with Crippen LogP contribution in [0, 0.1) is 23.7 Å². The first-order chi connectivity index (χ1) is 20.5. The van der Waals surface area contributed by atoms with Crippen LogP contribution in [-0.4, -0.2) is 8.07 Å². The number of rotatable bonds is 25. The Labute approximate surface area is 266 Å². The average Bonchev–Trinajstić information content (AvgIpc) is 2.97. The van der Waals surface area contributed by atoms with E-state index in [-0.39, 0.29) is 0 Å². The van der Waals surface area contributed by atoms with Gasteiger partial charge in [-0.25, -0.2) is 0 Å². The Bertz CT molecular complexity index is 817. The Hall–Kier alpha value is -1.44. The van der Waals surface area contributed by atoms with Crippen LogP contribution >= 0.6 is 0 Å². The zero-order valence-electron chi connectivity index (χ0n) is 29.1. The third-order valence-electron chi connectivity index (χ3n) is 8.58. The lowest BCUT2D eigenvalue weighted by atomic mass is 10.0. The molecule has 238 valence electrons. The molecule has 1 aromatic carbocycles. The van der Waals surface area contributed by atoms with Crippen molar-refractivity contribution in [3.05, 3.63) is 29.3 Å². The number of hydrogen-bond acceptors (Lipinski definition) is 0. The van der Waals surface area contributed by atoms with Crippen molar-refractivity contribution >= 4 is 13.3 Å². The summed E-state index contributed by atoms with van der Waals surface area (Å²) in [5.74, 6) is 13.9. The Kier molecular flexibility index (Phi) is 24.9. The summed E-state index contributed by atoms with van der Waals surface area (Å²) in [5.41, 5.74) is 2.34. The van der Waals surface area contributed by atoms with E-state index in [4.69, 9.17) is 0 Å². The van der Waals surface area contributed by atoms with Crippen LogP contribution < -0.4 is 5.19 Å². The molecule has 0 aliphatic rings. The lowest BCUT2D eigenvalue weighted by Gasteiger charge is -2.17. The fourth-order valence-electron chi connectivity index (χ4n) is 5.64. The van der Waals surface area contributed by atoms with E-state index < -0.39 is 8.07 Å². The van der Waals surface area contributed by atoms with Crippen LogP contribution in [0.2, 0.25) is 19.6 Å². The predicted molar refractivity (Wildman–Crippen MR) is 195 cm³/mol. The van der Waals surface area contributed by atoms with Crippen molar-refractivity contribution in [2.24, 2.45) is 0 Å². The van der Waals surface area contributed by atoms with Gasteiger partial charge in [-0.1, -0.05) is 204 Å². The van der Waals surface area contributed by atoms with Gasteiger partial charge < -0.3 is 0 Å². The minimum absolute atomic E-state index is 1.02. The predicted octanol–water partition coefficient (Wildman–Crippen LogP) is 13.1. The third-order valence-corrected chi connectivity index (χ3v) is 10.6. The van der Waals surface area contributed by atoms with Crippen molar-refractivity contribution in [2.75, 3.05) is 0 Å². The van der Waals surface area contributed by atoms with E-state index in [0.717, 1.165) is 12.8 Å². The highest BCUT2D eigenvalue weighted by Crippen LogP contribution is 2.14. The van der Waals surface area contributed by atoms with E-state index in [2.05, 4.69) is 75.4 Å². The van der Waals surface area contributed by atoms with Gasteiger partial charge in [-0.2, -0.15) is 0 Å². The van der Waals surface area contributed by atoms with Crippen molar-refractivity contribution in [1.82, 2.24) is 0 Å². The summed E-state index contributed by atoms with van der Waals surface area (Å²) < 4.78 is 0. The first kappa shape index (κ1) is 38.6. The molecule has 42 heavy (non-hydrogen) atoms. The standard InChI is InChI=1S/C41H70Si/c1-6-8-10-12-14-16-18-20-22-24-26-28-30-32-34-39-36-40(38-41(37-39)42(3,4)5)35-33-31-29-27-25-23-21-19-17-15-13-11-9-7-2/h36-38H,6-31H2,1-5H3. The quantitative estimate of drug-likeness (QED) is 0.0603. The molecule has 0 saturated heterocycles. The summed E-state index contributed by atoms with van der Waals surface area (Å²) in [6, 6.07) is 6.92. The second kappa shape index (κ2) is 27.1. The maximum atomic E-state index is 3.49. The Morgan fingerprint density at radius 1 is 0.405 bits per heavy atom. The number of hydrogen-bond donors (Lipinski definition) is 0. The first-order valence-electron chi connectivity index (χ1n) is 18.6. The van der Waals surface area contributed by atoms with Crippen molar-refractivity contribution < 1.29 is 0 Å². The monoisotopic (exact) mass is 591 g/mol. The van der Waals surface area contributed by atoms with Crippen LogP contribution in [0.15, 0.2) is 18.2 Å². The highest BCUT2D eigenvalue weighted by Gasteiger charge is 2.17. The summed E-state index contributed by atoms with van der Waals surface area (Å²) in [6.45, 7) is 11.9. The summed E-state index contributed by atoms with van der Waals surface area (Å²) in [5, 5.41) is 1.48.